The summed E-state index contributed by atoms with van der Waals surface area (Å²) in [5, 5.41) is 5.47. The van der Waals surface area contributed by atoms with Crippen LogP contribution in [0.3, 0.4) is 0 Å². The fraction of sp³-hybridized carbons (Fsp3) is 0.263. The Labute approximate surface area is 156 Å². The zero-order chi connectivity index (χ0) is 18.8. The number of carbonyl (C=O) groups excluding carboxylic acids is 2. The van der Waals surface area contributed by atoms with E-state index in [1.807, 2.05) is 24.3 Å². The first kappa shape index (κ1) is 19.8. The summed E-state index contributed by atoms with van der Waals surface area (Å²) < 4.78 is 17.9. The molecular weight excluding hydrogens is 355 g/mol. The van der Waals surface area contributed by atoms with Gasteiger partial charge in [-0.05, 0) is 48.4 Å². The molecule has 138 valence electrons. The number of anilines is 1. The molecule has 0 atom stereocenters. The van der Waals surface area contributed by atoms with Crippen LogP contribution < -0.4 is 15.4 Å². The highest BCUT2D eigenvalue weighted by molar-refractivity contribution is 8.00. The lowest BCUT2D eigenvalue weighted by Crippen LogP contribution is -2.28. The summed E-state index contributed by atoms with van der Waals surface area (Å²) in [7, 11) is 1.62. The number of thioether (sulfide) groups is 1. The fourth-order valence-electron chi connectivity index (χ4n) is 2.16. The lowest BCUT2D eigenvalue weighted by molar-refractivity contribution is -0.118. The molecule has 0 spiro atoms. The van der Waals surface area contributed by atoms with Crippen molar-refractivity contribution >= 4 is 29.3 Å². The molecule has 2 N–H and O–H groups in total. The summed E-state index contributed by atoms with van der Waals surface area (Å²) in [5.41, 5.74) is 1.64. The molecule has 0 saturated carbocycles. The second-order valence-electron chi connectivity index (χ2n) is 5.50. The Hall–Kier alpha value is -2.54. The Morgan fingerprint density at radius 1 is 1.00 bits per heavy atom. The van der Waals surface area contributed by atoms with Gasteiger partial charge in [0.1, 0.15) is 11.6 Å². The van der Waals surface area contributed by atoms with Crippen LogP contribution in [0.15, 0.2) is 48.5 Å². The lowest BCUT2D eigenvalue weighted by atomic mass is 10.1. The number of carbonyl (C=O) groups is 2. The Bertz CT molecular complexity index is 721. The standard InChI is InChI=1S/C19H21FN2O3S/c1-25-17-8-2-14(3-9-17)10-11-21-18(23)12-26-13-19(24)22-16-6-4-15(20)5-7-16/h2-9H,10-13H2,1H3,(H,21,23)(H,22,24). The molecule has 26 heavy (non-hydrogen) atoms. The van der Waals surface area contributed by atoms with Crippen molar-refractivity contribution in [3.8, 4) is 5.75 Å². The number of rotatable bonds is 9. The zero-order valence-corrected chi connectivity index (χ0v) is 15.3. The van der Waals surface area contributed by atoms with Crippen LogP contribution in [0, 0.1) is 5.82 Å². The van der Waals surface area contributed by atoms with Crippen molar-refractivity contribution in [3.63, 3.8) is 0 Å². The maximum Gasteiger partial charge on any atom is 0.234 e. The predicted octanol–water partition coefficient (Wildman–Crippen LogP) is 2.86. The average Bonchev–Trinajstić information content (AvgIpc) is 2.64. The van der Waals surface area contributed by atoms with Crippen LogP contribution in [-0.4, -0.2) is 37.0 Å². The van der Waals surface area contributed by atoms with Gasteiger partial charge in [0.05, 0.1) is 18.6 Å². The van der Waals surface area contributed by atoms with Crippen molar-refractivity contribution in [2.24, 2.45) is 0 Å². The van der Waals surface area contributed by atoms with E-state index in [-0.39, 0.29) is 29.1 Å². The maximum atomic E-state index is 12.8. The molecule has 2 amide bonds. The summed E-state index contributed by atoms with van der Waals surface area (Å²) >= 11 is 1.23. The van der Waals surface area contributed by atoms with Crippen LogP contribution in [0.4, 0.5) is 10.1 Å². The monoisotopic (exact) mass is 376 g/mol. The average molecular weight is 376 g/mol. The number of hydrogen-bond donors (Lipinski definition) is 2. The van der Waals surface area contributed by atoms with E-state index in [1.165, 1.54) is 36.0 Å². The van der Waals surface area contributed by atoms with E-state index in [0.29, 0.717) is 12.2 Å². The van der Waals surface area contributed by atoms with E-state index in [9.17, 15) is 14.0 Å². The van der Waals surface area contributed by atoms with Gasteiger partial charge in [0.2, 0.25) is 11.8 Å². The first-order valence-electron chi connectivity index (χ1n) is 8.09. The second kappa shape index (κ2) is 10.5. The lowest BCUT2D eigenvalue weighted by Gasteiger charge is -2.07. The van der Waals surface area contributed by atoms with Gasteiger partial charge >= 0.3 is 0 Å². The summed E-state index contributed by atoms with van der Waals surface area (Å²) in [6.07, 6.45) is 0.728. The Morgan fingerprint density at radius 3 is 2.31 bits per heavy atom. The van der Waals surface area contributed by atoms with Crippen molar-refractivity contribution in [2.45, 2.75) is 6.42 Å². The third-order valence-electron chi connectivity index (χ3n) is 3.49. The van der Waals surface area contributed by atoms with Crippen LogP contribution in [0.25, 0.3) is 0 Å². The molecule has 5 nitrogen and oxygen atoms in total. The van der Waals surface area contributed by atoms with Crippen molar-refractivity contribution in [2.75, 3.05) is 30.5 Å². The zero-order valence-electron chi connectivity index (χ0n) is 14.5. The molecule has 0 heterocycles. The SMILES string of the molecule is COc1ccc(CCNC(=O)CSCC(=O)Nc2ccc(F)cc2)cc1. The van der Waals surface area contributed by atoms with Gasteiger partial charge in [-0.2, -0.15) is 0 Å². The Morgan fingerprint density at radius 2 is 1.65 bits per heavy atom. The van der Waals surface area contributed by atoms with E-state index >= 15 is 0 Å². The van der Waals surface area contributed by atoms with Gasteiger partial charge in [0, 0.05) is 12.2 Å². The Balaban J connectivity index is 1.59. The van der Waals surface area contributed by atoms with E-state index in [0.717, 1.165) is 17.7 Å². The smallest absolute Gasteiger partial charge is 0.234 e. The molecule has 0 radical (unpaired) electrons. The summed E-state index contributed by atoms with van der Waals surface area (Å²) in [5.74, 6) is 0.463. The predicted molar refractivity (Wildman–Crippen MR) is 102 cm³/mol. The van der Waals surface area contributed by atoms with E-state index in [2.05, 4.69) is 10.6 Å². The van der Waals surface area contributed by atoms with Gasteiger partial charge in [-0.25, -0.2) is 4.39 Å². The molecule has 0 aliphatic rings. The molecular formula is C19H21FN2O3S. The minimum absolute atomic E-state index is 0.113. The topological polar surface area (TPSA) is 67.4 Å². The molecule has 7 heteroatoms. The van der Waals surface area contributed by atoms with Gasteiger partial charge in [0.25, 0.3) is 0 Å². The maximum absolute atomic E-state index is 12.8. The van der Waals surface area contributed by atoms with Gasteiger partial charge < -0.3 is 15.4 Å². The minimum Gasteiger partial charge on any atom is -0.497 e. The van der Waals surface area contributed by atoms with Crippen molar-refractivity contribution in [1.82, 2.24) is 5.32 Å². The molecule has 0 aliphatic heterocycles. The van der Waals surface area contributed by atoms with Gasteiger partial charge in [-0.1, -0.05) is 12.1 Å². The molecule has 0 aliphatic carbocycles. The number of methoxy groups -OCH3 is 1. The van der Waals surface area contributed by atoms with E-state index in [4.69, 9.17) is 4.74 Å². The summed E-state index contributed by atoms with van der Waals surface area (Å²) in [6.45, 7) is 0.535. The number of halogens is 1. The van der Waals surface area contributed by atoms with Gasteiger partial charge in [0.15, 0.2) is 0 Å². The quantitative estimate of drug-likeness (QED) is 0.706. The highest BCUT2D eigenvalue weighted by Gasteiger charge is 2.06. The molecule has 0 unspecified atom stereocenters. The van der Waals surface area contributed by atoms with Crippen molar-refractivity contribution in [1.29, 1.82) is 0 Å². The molecule has 2 aromatic carbocycles. The molecule has 0 saturated heterocycles. The largest absolute Gasteiger partial charge is 0.497 e. The third-order valence-corrected chi connectivity index (χ3v) is 4.42. The van der Waals surface area contributed by atoms with Crippen molar-refractivity contribution in [3.05, 3.63) is 59.9 Å². The summed E-state index contributed by atoms with van der Waals surface area (Å²) in [4.78, 5) is 23.5. The number of hydrogen-bond acceptors (Lipinski definition) is 4. The van der Waals surface area contributed by atoms with E-state index in [1.54, 1.807) is 7.11 Å². The minimum atomic E-state index is -0.358. The molecule has 0 fully saturated rings. The summed E-state index contributed by atoms with van der Waals surface area (Å²) in [6, 6.07) is 13.2. The van der Waals surface area contributed by atoms with Crippen LogP contribution >= 0.6 is 11.8 Å². The number of nitrogens with one attached hydrogen (secondary N) is 2. The number of amides is 2. The van der Waals surface area contributed by atoms with Crippen LogP contribution in [0.5, 0.6) is 5.75 Å². The number of ether oxygens (including phenoxy) is 1. The first-order chi connectivity index (χ1) is 12.6. The number of benzene rings is 2. The van der Waals surface area contributed by atoms with Crippen LogP contribution in [0.2, 0.25) is 0 Å². The highest BCUT2D eigenvalue weighted by atomic mass is 32.2. The van der Waals surface area contributed by atoms with Crippen LogP contribution in [-0.2, 0) is 16.0 Å². The second-order valence-corrected chi connectivity index (χ2v) is 6.48. The van der Waals surface area contributed by atoms with E-state index < -0.39 is 0 Å². The van der Waals surface area contributed by atoms with Crippen molar-refractivity contribution < 1.29 is 18.7 Å². The Kier molecular flexibility index (Phi) is 7.95. The molecule has 0 aromatic heterocycles. The van der Waals surface area contributed by atoms with Crippen LogP contribution in [0.1, 0.15) is 5.56 Å². The molecule has 0 bridgehead atoms. The third kappa shape index (κ3) is 7.14. The van der Waals surface area contributed by atoms with Gasteiger partial charge in [-0.15, -0.1) is 11.8 Å². The first-order valence-corrected chi connectivity index (χ1v) is 9.25. The van der Waals surface area contributed by atoms with Gasteiger partial charge in [-0.3, -0.25) is 9.59 Å². The normalized spacial score (nSPS) is 10.2. The molecule has 2 aromatic rings. The molecule has 2 rings (SSSR count). The fourth-order valence-corrected chi connectivity index (χ4v) is 2.80. The highest BCUT2D eigenvalue weighted by Crippen LogP contribution is 2.11.